The fourth-order valence-electron chi connectivity index (χ4n) is 4.38. The summed E-state index contributed by atoms with van der Waals surface area (Å²) in [7, 11) is 3.61. The summed E-state index contributed by atoms with van der Waals surface area (Å²) < 4.78 is 0. The summed E-state index contributed by atoms with van der Waals surface area (Å²) >= 11 is 0. The highest BCUT2D eigenvalue weighted by molar-refractivity contribution is 5.79. The minimum Gasteiger partial charge on any atom is -0.348 e. The number of piperidine rings is 1. The SMILES string of the molecule is CN(C)C(=O)CN1CCC([C@@H]2CCCCN(Cc3ccccc3)C2=O)CC1. The van der Waals surface area contributed by atoms with E-state index in [1.165, 1.54) is 5.56 Å². The van der Waals surface area contributed by atoms with E-state index in [2.05, 4.69) is 21.9 Å². The van der Waals surface area contributed by atoms with Gasteiger partial charge in [0.2, 0.25) is 11.8 Å². The molecule has 0 saturated carbocycles. The molecule has 1 aromatic carbocycles. The van der Waals surface area contributed by atoms with E-state index in [-0.39, 0.29) is 11.8 Å². The van der Waals surface area contributed by atoms with Crippen molar-refractivity contribution in [3.05, 3.63) is 35.9 Å². The molecule has 27 heavy (non-hydrogen) atoms. The lowest BCUT2D eigenvalue weighted by atomic mass is 9.81. The Morgan fingerprint density at radius 1 is 1.04 bits per heavy atom. The molecule has 0 bridgehead atoms. The zero-order chi connectivity index (χ0) is 19.2. The molecule has 2 amide bonds. The number of rotatable bonds is 5. The lowest BCUT2D eigenvalue weighted by molar-refractivity contribution is -0.138. The van der Waals surface area contributed by atoms with Gasteiger partial charge in [-0.15, -0.1) is 0 Å². The summed E-state index contributed by atoms with van der Waals surface area (Å²) in [4.78, 5) is 31.2. The van der Waals surface area contributed by atoms with Gasteiger partial charge in [0.05, 0.1) is 6.54 Å². The lowest BCUT2D eigenvalue weighted by Gasteiger charge is -2.36. The molecule has 1 aromatic rings. The monoisotopic (exact) mass is 371 g/mol. The predicted octanol–water partition coefficient (Wildman–Crippen LogP) is 2.62. The fraction of sp³-hybridized carbons (Fsp3) is 0.636. The molecule has 148 valence electrons. The van der Waals surface area contributed by atoms with E-state index in [4.69, 9.17) is 0 Å². The van der Waals surface area contributed by atoms with Crippen molar-refractivity contribution in [2.24, 2.45) is 11.8 Å². The van der Waals surface area contributed by atoms with Crippen LogP contribution in [0.1, 0.15) is 37.7 Å². The Bertz CT molecular complexity index is 624. The topological polar surface area (TPSA) is 43.9 Å². The van der Waals surface area contributed by atoms with Crippen LogP contribution in [0, 0.1) is 11.8 Å². The van der Waals surface area contributed by atoms with Crippen LogP contribution in [0.5, 0.6) is 0 Å². The Kier molecular flexibility index (Phi) is 6.89. The standard InChI is InChI=1S/C22H33N3O2/c1-23(2)21(26)17-24-14-11-19(12-15-24)20-10-6-7-13-25(22(20)27)16-18-8-4-3-5-9-18/h3-5,8-9,19-20H,6-7,10-17H2,1-2H3/t20-/m0/s1. The summed E-state index contributed by atoms with van der Waals surface area (Å²) in [6.07, 6.45) is 5.31. The van der Waals surface area contributed by atoms with Crippen molar-refractivity contribution in [2.75, 3.05) is 40.3 Å². The van der Waals surface area contributed by atoms with Crippen LogP contribution in [0.4, 0.5) is 0 Å². The van der Waals surface area contributed by atoms with Crippen LogP contribution >= 0.6 is 0 Å². The Morgan fingerprint density at radius 3 is 2.41 bits per heavy atom. The van der Waals surface area contributed by atoms with Crippen molar-refractivity contribution < 1.29 is 9.59 Å². The van der Waals surface area contributed by atoms with Crippen LogP contribution in [0.2, 0.25) is 0 Å². The minimum atomic E-state index is 0.155. The summed E-state index contributed by atoms with van der Waals surface area (Å²) in [6, 6.07) is 10.3. The van der Waals surface area contributed by atoms with Gasteiger partial charge in [-0.3, -0.25) is 14.5 Å². The van der Waals surface area contributed by atoms with E-state index >= 15 is 0 Å². The van der Waals surface area contributed by atoms with E-state index < -0.39 is 0 Å². The van der Waals surface area contributed by atoms with Gasteiger partial charge in [-0.1, -0.05) is 36.8 Å². The first-order valence-electron chi connectivity index (χ1n) is 10.3. The maximum atomic E-state index is 13.2. The van der Waals surface area contributed by atoms with Crippen LogP contribution < -0.4 is 0 Å². The third-order valence-corrected chi connectivity index (χ3v) is 6.10. The smallest absolute Gasteiger partial charge is 0.236 e. The molecule has 0 spiro atoms. The molecule has 0 unspecified atom stereocenters. The number of benzene rings is 1. The number of likely N-dealkylation sites (N-methyl/N-ethyl adjacent to an activating group) is 1. The molecule has 3 rings (SSSR count). The van der Waals surface area contributed by atoms with Gasteiger partial charge in [0.1, 0.15) is 0 Å². The molecule has 2 aliphatic heterocycles. The molecule has 0 N–H and O–H groups in total. The Hall–Kier alpha value is -1.88. The first kappa shape index (κ1) is 19.9. The molecule has 2 saturated heterocycles. The molecule has 5 heteroatoms. The van der Waals surface area contributed by atoms with Gasteiger partial charge < -0.3 is 9.80 Å². The van der Waals surface area contributed by atoms with Crippen molar-refractivity contribution in [3.63, 3.8) is 0 Å². The first-order valence-corrected chi connectivity index (χ1v) is 10.3. The van der Waals surface area contributed by atoms with Gasteiger partial charge in [0.25, 0.3) is 0 Å². The number of carbonyl (C=O) groups is 2. The highest BCUT2D eigenvalue weighted by atomic mass is 16.2. The number of hydrogen-bond acceptors (Lipinski definition) is 3. The van der Waals surface area contributed by atoms with Crippen LogP contribution in [0.25, 0.3) is 0 Å². The third kappa shape index (κ3) is 5.32. The summed E-state index contributed by atoms with van der Waals surface area (Å²) in [5.74, 6) is 1.12. The van der Waals surface area contributed by atoms with Gasteiger partial charge >= 0.3 is 0 Å². The molecule has 0 radical (unpaired) electrons. The molecule has 2 fully saturated rings. The Labute approximate surface area is 163 Å². The second kappa shape index (κ2) is 9.36. The minimum absolute atomic E-state index is 0.155. The normalized spacial score (nSPS) is 22.5. The molecular formula is C22H33N3O2. The maximum Gasteiger partial charge on any atom is 0.236 e. The van der Waals surface area contributed by atoms with E-state index in [1.807, 2.05) is 18.2 Å². The van der Waals surface area contributed by atoms with E-state index in [0.717, 1.165) is 58.3 Å². The molecule has 2 aliphatic rings. The van der Waals surface area contributed by atoms with Crippen LogP contribution in [-0.2, 0) is 16.1 Å². The quantitative estimate of drug-likeness (QED) is 0.799. The number of nitrogens with zero attached hydrogens (tertiary/aromatic N) is 3. The number of carbonyl (C=O) groups excluding carboxylic acids is 2. The average molecular weight is 372 g/mol. The number of likely N-dealkylation sites (tertiary alicyclic amines) is 2. The average Bonchev–Trinajstić information content (AvgIpc) is 2.85. The van der Waals surface area contributed by atoms with Crippen LogP contribution in [-0.4, -0.2) is 66.8 Å². The molecule has 0 aromatic heterocycles. The molecule has 2 heterocycles. The Balaban J connectivity index is 1.57. The van der Waals surface area contributed by atoms with E-state index in [0.29, 0.717) is 18.4 Å². The van der Waals surface area contributed by atoms with Crippen molar-refractivity contribution in [1.82, 2.24) is 14.7 Å². The number of amides is 2. The Morgan fingerprint density at radius 2 is 1.74 bits per heavy atom. The highest BCUT2D eigenvalue weighted by Gasteiger charge is 2.35. The summed E-state index contributed by atoms with van der Waals surface area (Å²) in [6.45, 7) is 3.95. The van der Waals surface area contributed by atoms with Gasteiger partial charge in [-0.05, 0) is 50.3 Å². The van der Waals surface area contributed by atoms with Crippen LogP contribution in [0.3, 0.4) is 0 Å². The van der Waals surface area contributed by atoms with Crippen molar-refractivity contribution in [1.29, 1.82) is 0 Å². The lowest BCUT2D eigenvalue weighted by Crippen LogP contribution is -2.44. The second-order valence-corrected chi connectivity index (χ2v) is 8.25. The second-order valence-electron chi connectivity index (χ2n) is 8.25. The zero-order valence-electron chi connectivity index (χ0n) is 16.8. The van der Waals surface area contributed by atoms with Crippen molar-refractivity contribution in [3.8, 4) is 0 Å². The predicted molar refractivity (Wildman–Crippen MR) is 107 cm³/mol. The van der Waals surface area contributed by atoms with Crippen LogP contribution in [0.15, 0.2) is 30.3 Å². The zero-order valence-corrected chi connectivity index (χ0v) is 16.8. The van der Waals surface area contributed by atoms with Gasteiger partial charge in [0.15, 0.2) is 0 Å². The summed E-state index contributed by atoms with van der Waals surface area (Å²) in [5, 5.41) is 0. The summed E-state index contributed by atoms with van der Waals surface area (Å²) in [5.41, 5.74) is 1.21. The van der Waals surface area contributed by atoms with Gasteiger partial charge in [-0.25, -0.2) is 0 Å². The molecule has 1 atom stereocenters. The highest BCUT2D eigenvalue weighted by Crippen LogP contribution is 2.32. The fourth-order valence-corrected chi connectivity index (χ4v) is 4.38. The molecule has 5 nitrogen and oxygen atoms in total. The van der Waals surface area contributed by atoms with E-state index in [9.17, 15) is 9.59 Å². The van der Waals surface area contributed by atoms with E-state index in [1.54, 1.807) is 19.0 Å². The first-order chi connectivity index (χ1) is 13.0. The van der Waals surface area contributed by atoms with Gasteiger partial charge in [0, 0.05) is 33.1 Å². The van der Waals surface area contributed by atoms with Crippen molar-refractivity contribution >= 4 is 11.8 Å². The third-order valence-electron chi connectivity index (χ3n) is 6.10. The maximum absolute atomic E-state index is 13.2. The molecular weight excluding hydrogens is 338 g/mol. The van der Waals surface area contributed by atoms with Crippen molar-refractivity contribution in [2.45, 2.75) is 38.6 Å². The molecule has 0 aliphatic carbocycles. The van der Waals surface area contributed by atoms with Gasteiger partial charge in [-0.2, -0.15) is 0 Å². The number of hydrogen-bond donors (Lipinski definition) is 0. The largest absolute Gasteiger partial charge is 0.348 e.